The number of hydrogen-bond donors (Lipinski definition) is 1. The van der Waals surface area contributed by atoms with E-state index in [2.05, 4.69) is 13.8 Å². The van der Waals surface area contributed by atoms with Crippen molar-refractivity contribution in [3.8, 4) is 0 Å². The zero-order chi connectivity index (χ0) is 14.1. The highest BCUT2D eigenvalue weighted by molar-refractivity contribution is 7.88. The van der Waals surface area contributed by atoms with Gasteiger partial charge in [0.05, 0.1) is 19.5 Å². The Hall–Kier alpha value is -0.610. The van der Waals surface area contributed by atoms with Crippen molar-refractivity contribution in [1.29, 1.82) is 0 Å². The number of ether oxygens (including phenoxy) is 1. The summed E-state index contributed by atoms with van der Waals surface area (Å²) in [6, 6.07) is 0. The SMILES string of the molecule is CO/C=C\C=C\[S@](=O)C[C@]12CC[C@H](C[C@H]1O)C2(C)C. The van der Waals surface area contributed by atoms with Gasteiger partial charge in [-0.3, -0.25) is 4.21 Å². The molecule has 0 saturated heterocycles. The topological polar surface area (TPSA) is 46.5 Å². The summed E-state index contributed by atoms with van der Waals surface area (Å²) in [5.41, 5.74) is -0.0733. The van der Waals surface area contributed by atoms with E-state index >= 15 is 0 Å². The smallest absolute Gasteiger partial charge is 0.0824 e. The summed E-state index contributed by atoms with van der Waals surface area (Å²) in [6.45, 7) is 4.46. The van der Waals surface area contributed by atoms with Crippen molar-refractivity contribution in [2.45, 2.75) is 39.2 Å². The molecule has 19 heavy (non-hydrogen) atoms. The van der Waals surface area contributed by atoms with Crippen LogP contribution in [0.15, 0.2) is 23.8 Å². The fourth-order valence-electron chi connectivity index (χ4n) is 3.94. The van der Waals surface area contributed by atoms with Gasteiger partial charge in [-0.2, -0.15) is 0 Å². The van der Waals surface area contributed by atoms with E-state index in [-0.39, 0.29) is 16.9 Å². The van der Waals surface area contributed by atoms with Crippen molar-refractivity contribution in [1.82, 2.24) is 0 Å². The molecule has 0 radical (unpaired) electrons. The van der Waals surface area contributed by atoms with Crippen LogP contribution < -0.4 is 0 Å². The van der Waals surface area contributed by atoms with Crippen LogP contribution >= 0.6 is 0 Å². The summed E-state index contributed by atoms with van der Waals surface area (Å²) in [7, 11) is 0.539. The van der Waals surface area contributed by atoms with E-state index in [0.29, 0.717) is 11.7 Å². The van der Waals surface area contributed by atoms with Crippen LogP contribution in [-0.4, -0.2) is 28.3 Å². The highest BCUT2D eigenvalue weighted by Gasteiger charge is 2.63. The third-order valence-electron chi connectivity index (χ3n) is 5.34. The monoisotopic (exact) mass is 284 g/mol. The highest BCUT2D eigenvalue weighted by atomic mass is 32.2. The van der Waals surface area contributed by atoms with E-state index in [1.807, 2.05) is 0 Å². The number of allylic oxidation sites excluding steroid dienone is 2. The van der Waals surface area contributed by atoms with E-state index in [4.69, 9.17) is 4.74 Å². The number of rotatable bonds is 5. The number of aliphatic hydroxyl groups excluding tert-OH is 1. The molecule has 4 heteroatoms. The van der Waals surface area contributed by atoms with Gasteiger partial charge in [0.1, 0.15) is 0 Å². The predicted octanol–water partition coefficient (Wildman–Crippen LogP) is 2.60. The fourth-order valence-corrected chi connectivity index (χ4v) is 5.52. The van der Waals surface area contributed by atoms with Crippen LogP contribution in [0.1, 0.15) is 33.1 Å². The second kappa shape index (κ2) is 5.41. The third kappa shape index (κ3) is 2.40. The lowest BCUT2D eigenvalue weighted by molar-refractivity contribution is 0.0162. The van der Waals surface area contributed by atoms with E-state index < -0.39 is 10.8 Å². The Balaban J connectivity index is 2.07. The largest absolute Gasteiger partial charge is 0.504 e. The molecule has 2 rings (SSSR count). The van der Waals surface area contributed by atoms with Gasteiger partial charge in [-0.1, -0.05) is 19.9 Å². The lowest BCUT2D eigenvalue weighted by Crippen LogP contribution is -2.42. The molecule has 1 N–H and O–H groups in total. The lowest BCUT2D eigenvalue weighted by Gasteiger charge is -2.39. The van der Waals surface area contributed by atoms with Gasteiger partial charge in [-0.05, 0) is 36.7 Å². The molecule has 2 aliphatic carbocycles. The van der Waals surface area contributed by atoms with Gasteiger partial charge in [0, 0.05) is 27.4 Å². The third-order valence-corrected chi connectivity index (χ3v) is 6.60. The number of methoxy groups -OCH3 is 1. The van der Waals surface area contributed by atoms with Gasteiger partial charge in [0.25, 0.3) is 0 Å². The second-order valence-electron chi connectivity index (χ2n) is 6.28. The molecule has 0 heterocycles. The van der Waals surface area contributed by atoms with Gasteiger partial charge < -0.3 is 9.84 Å². The first kappa shape index (κ1) is 14.8. The lowest BCUT2D eigenvalue weighted by atomic mass is 9.70. The van der Waals surface area contributed by atoms with E-state index in [0.717, 1.165) is 19.3 Å². The maximum absolute atomic E-state index is 12.2. The number of hydrogen-bond acceptors (Lipinski definition) is 3. The molecule has 0 unspecified atom stereocenters. The van der Waals surface area contributed by atoms with E-state index in [1.165, 1.54) is 0 Å². The van der Waals surface area contributed by atoms with Crippen LogP contribution in [0.4, 0.5) is 0 Å². The zero-order valence-corrected chi connectivity index (χ0v) is 12.8. The first-order valence-corrected chi connectivity index (χ1v) is 8.23. The highest BCUT2D eigenvalue weighted by Crippen LogP contribution is 2.65. The molecule has 0 aromatic carbocycles. The van der Waals surface area contributed by atoms with Crippen LogP contribution in [0, 0.1) is 16.7 Å². The minimum absolute atomic E-state index is 0.0955. The average Bonchev–Trinajstić information content (AvgIpc) is 2.68. The first-order chi connectivity index (χ1) is 8.94. The van der Waals surface area contributed by atoms with Gasteiger partial charge >= 0.3 is 0 Å². The van der Waals surface area contributed by atoms with Crippen LogP contribution in [0.3, 0.4) is 0 Å². The first-order valence-electron chi connectivity index (χ1n) is 6.85. The van der Waals surface area contributed by atoms with E-state index in [9.17, 15) is 9.32 Å². The molecule has 0 spiro atoms. The van der Waals surface area contributed by atoms with Crippen molar-refractivity contribution in [2.24, 2.45) is 16.7 Å². The van der Waals surface area contributed by atoms with Crippen molar-refractivity contribution < 1.29 is 14.1 Å². The zero-order valence-electron chi connectivity index (χ0n) is 12.0. The normalized spacial score (nSPS) is 38.3. The Labute approximate surface area is 118 Å². The van der Waals surface area contributed by atoms with Crippen LogP contribution in [-0.2, 0) is 15.5 Å². The quantitative estimate of drug-likeness (QED) is 0.623. The van der Waals surface area contributed by atoms with Crippen molar-refractivity contribution in [3.05, 3.63) is 23.8 Å². The molecule has 2 aliphatic rings. The summed E-state index contributed by atoms with van der Waals surface area (Å²) < 4.78 is 17.0. The van der Waals surface area contributed by atoms with Crippen molar-refractivity contribution in [3.63, 3.8) is 0 Å². The van der Waals surface area contributed by atoms with Gasteiger partial charge in [0.2, 0.25) is 0 Å². The van der Waals surface area contributed by atoms with Crippen LogP contribution in [0.5, 0.6) is 0 Å². The maximum Gasteiger partial charge on any atom is 0.0824 e. The van der Waals surface area contributed by atoms with Gasteiger partial charge in [-0.15, -0.1) is 0 Å². The standard InChI is InChI=1S/C15H24O3S/c1-14(2)12-6-7-15(14,13(16)10-12)11-19(17)9-5-4-8-18-3/h4-5,8-9,12-13,16H,6-7,10-11H2,1-3H3/b8-4-,9-5+/t12-,13-,15-,19+/m1/s1. The number of fused-ring (bicyclic) bond motifs is 2. The Morgan fingerprint density at radius 3 is 2.68 bits per heavy atom. The summed E-state index contributed by atoms with van der Waals surface area (Å²) >= 11 is 0. The minimum atomic E-state index is -1.04. The molecule has 2 saturated carbocycles. The second-order valence-corrected chi connectivity index (χ2v) is 7.61. The summed E-state index contributed by atoms with van der Waals surface area (Å²) in [6.07, 6.45) is 7.76. The Morgan fingerprint density at radius 1 is 1.42 bits per heavy atom. The van der Waals surface area contributed by atoms with Crippen LogP contribution in [0.2, 0.25) is 0 Å². The summed E-state index contributed by atoms with van der Waals surface area (Å²) in [5.74, 6) is 1.14. The molecule has 108 valence electrons. The molecule has 2 fully saturated rings. The molecular formula is C15H24O3S. The van der Waals surface area contributed by atoms with Gasteiger partial charge in [0.15, 0.2) is 0 Å². The predicted molar refractivity (Wildman–Crippen MR) is 77.9 cm³/mol. The fraction of sp³-hybridized carbons (Fsp3) is 0.733. The Bertz CT molecular complexity index is 414. The molecule has 0 aliphatic heterocycles. The summed E-state index contributed by atoms with van der Waals surface area (Å²) in [5, 5.41) is 12.1. The average molecular weight is 284 g/mol. The summed E-state index contributed by atoms with van der Waals surface area (Å²) in [4.78, 5) is 0. The molecule has 0 aromatic rings. The van der Waals surface area contributed by atoms with Crippen molar-refractivity contribution >= 4 is 10.8 Å². The molecule has 3 nitrogen and oxygen atoms in total. The molecule has 0 amide bonds. The van der Waals surface area contributed by atoms with Gasteiger partial charge in [-0.25, -0.2) is 0 Å². The molecule has 0 aromatic heterocycles. The maximum atomic E-state index is 12.2. The van der Waals surface area contributed by atoms with E-state index in [1.54, 1.807) is 30.9 Å². The van der Waals surface area contributed by atoms with Crippen molar-refractivity contribution in [2.75, 3.05) is 12.9 Å². The molecule has 4 atom stereocenters. The number of aliphatic hydroxyl groups is 1. The molecular weight excluding hydrogens is 260 g/mol. The minimum Gasteiger partial charge on any atom is -0.504 e. The Morgan fingerprint density at radius 2 is 2.16 bits per heavy atom. The molecule has 2 bridgehead atoms. The van der Waals surface area contributed by atoms with Crippen LogP contribution in [0.25, 0.3) is 0 Å². The Kier molecular flexibility index (Phi) is 4.21.